The largest absolute Gasteiger partial charge is 0.461 e. The Bertz CT molecular complexity index is 1220. The van der Waals surface area contributed by atoms with Gasteiger partial charge in [0.15, 0.2) is 17.2 Å². The predicted octanol–water partition coefficient (Wildman–Crippen LogP) is 5.13. The maximum Gasteiger partial charge on any atom is 0.321 e. The molecule has 152 valence electrons. The Kier molecular flexibility index (Phi) is 4.67. The van der Waals surface area contributed by atoms with Crippen molar-refractivity contribution in [2.45, 2.75) is 19.4 Å². The highest BCUT2D eigenvalue weighted by atomic mass is 35.5. The van der Waals surface area contributed by atoms with Crippen LogP contribution < -0.4 is 5.32 Å². The van der Waals surface area contributed by atoms with Crippen molar-refractivity contribution in [1.29, 1.82) is 0 Å². The molecule has 1 N–H and O–H groups in total. The summed E-state index contributed by atoms with van der Waals surface area (Å²) in [6.07, 6.45) is 4.19. The second-order valence-electron chi connectivity index (χ2n) is 7.41. The fourth-order valence-electron chi connectivity index (χ4n) is 3.92. The molecule has 0 saturated carbocycles. The first kappa shape index (κ1) is 18.7. The Morgan fingerprint density at radius 3 is 3.00 bits per heavy atom. The van der Waals surface area contributed by atoms with Crippen molar-refractivity contribution in [3.63, 3.8) is 0 Å². The summed E-state index contributed by atoms with van der Waals surface area (Å²) in [5, 5.41) is 3.57. The number of hydrogen-bond acceptors (Lipinski definition) is 4. The number of urea groups is 1. The van der Waals surface area contributed by atoms with Crippen LogP contribution in [0.2, 0.25) is 5.02 Å². The highest BCUT2D eigenvalue weighted by Crippen LogP contribution is 2.32. The molecule has 4 heterocycles. The number of aromatic nitrogens is 3. The SMILES string of the molecule is Cc1ccc(Cl)cc1NC(=O)N1CCC(n2c(-c3ccco3)nc3cccnc32)C1. The number of rotatable bonds is 3. The van der Waals surface area contributed by atoms with Crippen molar-refractivity contribution in [3.05, 3.63) is 65.5 Å². The summed E-state index contributed by atoms with van der Waals surface area (Å²) in [6, 6.07) is 12.9. The number of anilines is 1. The molecule has 1 unspecified atom stereocenters. The van der Waals surface area contributed by atoms with Crippen LogP contribution in [0.1, 0.15) is 18.0 Å². The molecular weight excluding hydrogens is 402 g/mol. The molecule has 4 aromatic rings. The van der Waals surface area contributed by atoms with E-state index in [0.29, 0.717) is 23.9 Å². The van der Waals surface area contributed by atoms with Gasteiger partial charge in [0.05, 0.1) is 12.3 Å². The third-order valence-corrected chi connectivity index (χ3v) is 5.68. The lowest BCUT2D eigenvalue weighted by atomic mass is 10.2. The van der Waals surface area contributed by atoms with Gasteiger partial charge in [0.25, 0.3) is 0 Å². The van der Waals surface area contributed by atoms with Crippen LogP contribution >= 0.6 is 11.6 Å². The normalized spacial score (nSPS) is 16.3. The number of pyridine rings is 1. The fourth-order valence-corrected chi connectivity index (χ4v) is 4.09. The molecule has 3 aromatic heterocycles. The number of fused-ring (bicyclic) bond motifs is 1. The number of aryl methyl sites for hydroxylation is 1. The molecule has 7 nitrogen and oxygen atoms in total. The van der Waals surface area contributed by atoms with Crippen LogP contribution in [-0.4, -0.2) is 38.6 Å². The minimum atomic E-state index is -0.139. The van der Waals surface area contributed by atoms with E-state index in [1.165, 1.54) is 0 Å². The number of carbonyl (C=O) groups is 1. The van der Waals surface area contributed by atoms with Gasteiger partial charge < -0.3 is 19.2 Å². The summed E-state index contributed by atoms with van der Waals surface area (Å²) in [5.74, 6) is 1.41. The third-order valence-electron chi connectivity index (χ3n) is 5.45. The number of benzene rings is 1. The number of amides is 2. The zero-order chi connectivity index (χ0) is 20.7. The minimum Gasteiger partial charge on any atom is -0.461 e. The van der Waals surface area contributed by atoms with E-state index in [-0.39, 0.29) is 12.1 Å². The summed E-state index contributed by atoms with van der Waals surface area (Å²) < 4.78 is 7.70. The van der Waals surface area contributed by atoms with E-state index in [2.05, 4.69) is 14.9 Å². The van der Waals surface area contributed by atoms with Gasteiger partial charge in [-0.1, -0.05) is 17.7 Å². The zero-order valence-corrected chi connectivity index (χ0v) is 17.1. The molecule has 1 fully saturated rings. The van der Waals surface area contributed by atoms with Crippen LogP contribution in [0.4, 0.5) is 10.5 Å². The Morgan fingerprint density at radius 1 is 1.27 bits per heavy atom. The van der Waals surface area contributed by atoms with E-state index >= 15 is 0 Å². The molecule has 8 heteroatoms. The Hall–Kier alpha value is -3.32. The zero-order valence-electron chi connectivity index (χ0n) is 16.4. The summed E-state index contributed by atoms with van der Waals surface area (Å²) in [6.45, 7) is 3.14. The van der Waals surface area contributed by atoms with Crippen LogP contribution in [0.3, 0.4) is 0 Å². The summed E-state index contributed by atoms with van der Waals surface area (Å²) in [7, 11) is 0. The Balaban J connectivity index is 1.42. The second-order valence-corrected chi connectivity index (χ2v) is 7.84. The van der Waals surface area contributed by atoms with Crippen molar-refractivity contribution < 1.29 is 9.21 Å². The number of nitrogens with zero attached hydrogens (tertiary/aromatic N) is 4. The lowest BCUT2D eigenvalue weighted by Gasteiger charge is -2.19. The summed E-state index contributed by atoms with van der Waals surface area (Å²) in [5.41, 5.74) is 3.29. The third kappa shape index (κ3) is 3.31. The molecule has 0 spiro atoms. The van der Waals surface area contributed by atoms with E-state index in [4.69, 9.17) is 21.0 Å². The van der Waals surface area contributed by atoms with Gasteiger partial charge in [-0.3, -0.25) is 0 Å². The van der Waals surface area contributed by atoms with Gasteiger partial charge in [-0.05, 0) is 55.3 Å². The maximum atomic E-state index is 12.9. The van der Waals surface area contributed by atoms with Crippen LogP contribution in [0, 0.1) is 6.92 Å². The van der Waals surface area contributed by atoms with Crippen LogP contribution in [0.15, 0.2) is 59.3 Å². The first-order valence-electron chi connectivity index (χ1n) is 9.79. The van der Waals surface area contributed by atoms with Crippen molar-refractivity contribution >= 4 is 34.5 Å². The number of halogens is 1. The van der Waals surface area contributed by atoms with Crippen molar-refractivity contribution in [1.82, 2.24) is 19.4 Å². The quantitative estimate of drug-likeness (QED) is 0.497. The number of carbonyl (C=O) groups excluding carboxylic acids is 1. The Morgan fingerprint density at radius 2 is 2.17 bits per heavy atom. The molecule has 2 amide bonds. The standard InChI is InChI=1S/C22H20ClN5O2/c1-14-6-7-15(23)12-18(14)26-22(29)27-10-8-16(13-27)28-20-17(4-2-9-24-20)25-21(28)19-5-3-11-30-19/h2-7,9,11-12,16H,8,10,13H2,1H3,(H,26,29). The van der Waals surface area contributed by atoms with Crippen LogP contribution in [0.25, 0.3) is 22.7 Å². The van der Waals surface area contributed by atoms with Gasteiger partial charge in [0.1, 0.15) is 5.52 Å². The van der Waals surface area contributed by atoms with E-state index in [1.807, 2.05) is 48.2 Å². The average Bonchev–Trinajstić information content (AvgIpc) is 3.49. The van der Waals surface area contributed by atoms with Crippen LogP contribution in [0.5, 0.6) is 0 Å². The number of imidazole rings is 1. The van der Waals surface area contributed by atoms with Gasteiger partial charge in [0.2, 0.25) is 0 Å². The molecule has 1 aliphatic rings. The van der Waals surface area contributed by atoms with E-state index in [9.17, 15) is 4.79 Å². The molecule has 0 radical (unpaired) electrons. The highest BCUT2D eigenvalue weighted by molar-refractivity contribution is 6.31. The van der Waals surface area contributed by atoms with Gasteiger partial charge in [-0.2, -0.15) is 0 Å². The van der Waals surface area contributed by atoms with Gasteiger partial charge in [0, 0.05) is 30.0 Å². The molecule has 1 aromatic carbocycles. The molecule has 1 saturated heterocycles. The fraction of sp³-hybridized carbons (Fsp3) is 0.227. The van der Waals surface area contributed by atoms with E-state index in [1.54, 1.807) is 18.5 Å². The van der Waals surface area contributed by atoms with Gasteiger partial charge in [-0.25, -0.2) is 14.8 Å². The Labute approximate surface area is 178 Å². The van der Waals surface area contributed by atoms with Crippen LogP contribution in [-0.2, 0) is 0 Å². The molecule has 0 aliphatic carbocycles. The number of nitrogens with one attached hydrogen (secondary N) is 1. The summed E-state index contributed by atoms with van der Waals surface area (Å²) >= 11 is 6.08. The first-order valence-corrected chi connectivity index (χ1v) is 10.2. The predicted molar refractivity (Wildman–Crippen MR) is 116 cm³/mol. The number of furan rings is 1. The smallest absolute Gasteiger partial charge is 0.321 e. The first-order chi connectivity index (χ1) is 14.6. The molecule has 1 aliphatic heterocycles. The minimum absolute atomic E-state index is 0.0520. The number of likely N-dealkylation sites (tertiary alicyclic amines) is 1. The lowest BCUT2D eigenvalue weighted by molar-refractivity contribution is 0.221. The highest BCUT2D eigenvalue weighted by Gasteiger charge is 2.31. The lowest BCUT2D eigenvalue weighted by Crippen LogP contribution is -2.33. The molecule has 1 atom stereocenters. The summed E-state index contributed by atoms with van der Waals surface area (Å²) in [4.78, 5) is 24.0. The van der Waals surface area contributed by atoms with E-state index < -0.39 is 0 Å². The van der Waals surface area contributed by atoms with E-state index in [0.717, 1.165) is 34.7 Å². The maximum absolute atomic E-state index is 12.9. The molecular formula is C22H20ClN5O2. The van der Waals surface area contributed by atoms with Crippen molar-refractivity contribution in [2.75, 3.05) is 18.4 Å². The van der Waals surface area contributed by atoms with Crippen molar-refractivity contribution in [3.8, 4) is 11.6 Å². The van der Waals surface area contributed by atoms with Crippen molar-refractivity contribution in [2.24, 2.45) is 0 Å². The average molecular weight is 422 g/mol. The number of hydrogen-bond donors (Lipinski definition) is 1. The van der Waals surface area contributed by atoms with Gasteiger partial charge in [-0.15, -0.1) is 0 Å². The van der Waals surface area contributed by atoms with Gasteiger partial charge >= 0.3 is 6.03 Å². The topological polar surface area (TPSA) is 76.2 Å². The second kappa shape index (κ2) is 7.50. The molecule has 30 heavy (non-hydrogen) atoms. The molecule has 0 bridgehead atoms. The monoisotopic (exact) mass is 421 g/mol. The molecule has 5 rings (SSSR count).